The minimum atomic E-state index is -1.07. The van der Waals surface area contributed by atoms with Crippen LogP contribution in [0.25, 0.3) is 22.4 Å². The minimum absolute atomic E-state index is 0.0113. The number of ether oxygens (including phenoxy) is 1. The highest BCUT2D eigenvalue weighted by Gasteiger charge is 2.60. The number of aliphatic hydroxyl groups excluding tert-OH is 2. The van der Waals surface area contributed by atoms with Gasteiger partial charge >= 0.3 is 5.97 Å². The maximum Gasteiger partial charge on any atom is 0.308 e. The first kappa shape index (κ1) is 51.1. The van der Waals surface area contributed by atoms with E-state index in [1.807, 2.05) is 74.5 Å². The lowest BCUT2D eigenvalue weighted by Crippen LogP contribution is -2.54. The number of hydrogen-bond acceptors (Lipinski definition) is 5. The smallest absolute Gasteiger partial charge is 0.308 e. The molecule has 374 valence electrons. The van der Waals surface area contributed by atoms with Crippen LogP contribution in [0.4, 0.5) is 10.1 Å². The molecule has 1 amide bonds. The third-order valence-electron chi connectivity index (χ3n) is 18.8. The quantitative estimate of drug-likeness (QED) is 0.0863. The van der Waals surface area contributed by atoms with Crippen LogP contribution >= 0.6 is 0 Å². The number of benzene rings is 3. The van der Waals surface area contributed by atoms with Crippen LogP contribution < -0.4 is 5.32 Å². The van der Waals surface area contributed by atoms with E-state index in [0.717, 1.165) is 88.8 Å². The van der Waals surface area contributed by atoms with Gasteiger partial charge in [-0.15, -0.1) is 0 Å². The molecule has 0 radical (unpaired) electrons. The zero-order chi connectivity index (χ0) is 49.2. The summed E-state index contributed by atoms with van der Waals surface area (Å²) in [5.41, 5.74) is 5.78. The second-order valence-corrected chi connectivity index (χ2v) is 23.6. The number of carbonyl (C=O) groups excluding carboxylic acids is 2. The van der Waals surface area contributed by atoms with Crippen LogP contribution in [0.1, 0.15) is 167 Å². The van der Waals surface area contributed by atoms with E-state index < -0.39 is 18.2 Å². The van der Waals surface area contributed by atoms with E-state index in [9.17, 15) is 24.2 Å². The number of esters is 1. The summed E-state index contributed by atoms with van der Waals surface area (Å²) in [4.78, 5) is 28.0. The fraction of sp³-hybridized carbons (Fsp3) is 0.607. The molecule has 7 nitrogen and oxygen atoms in total. The van der Waals surface area contributed by atoms with E-state index in [4.69, 9.17) is 4.74 Å². The SMILES string of the molecule is CC(C)c1c(C(=O)Nc2ccccc2)c(-c2ccccc2)c(-c2ccc(F)cc2)n1CC[C@@H](O)C[C@@H](O)CC(=O)OC1CC[C@@]2(C)[C@@H](CC[C@@H]3[C@@H]2CC[C@]2(C)C([C@H](C)CC[C@@H](C)C(C)C)CC[C@@H]32)C1. The fourth-order valence-electron chi connectivity index (χ4n) is 14.8. The summed E-state index contributed by atoms with van der Waals surface area (Å²) in [6, 6.07) is 25.4. The van der Waals surface area contributed by atoms with Gasteiger partial charge in [0.25, 0.3) is 5.91 Å². The Morgan fingerprint density at radius 3 is 2.10 bits per heavy atom. The van der Waals surface area contributed by atoms with Crippen molar-refractivity contribution in [1.82, 2.24) is 4.57 Å². The van der Waals surface area contributed by atoms with Crippen LogP contribution in [-0.2, 0) is 16.1 Å². The van der Waals surface area contributed by atoms with Crippen LogP contribution in [0.3, 0.4) is 0 Å². The van der Waals surface area contributed by atoms with Gasteiger partial charge in [0.1, 0.15) is 11.9 Å². The summed E-state index contributed by atoms with van der Waals surface area (Å²) in [6.45, 7) is 19.4. The third-order valence-corrected chi connectivity index (χ3v) is 18.8. The van der Waals surface area contributed by atoms with Crippen molar-refractivity contribution in [2.75, 3.05) is 5.32 Å². The molecule has 0 bridgehead atoms. The number of hydrogen-bond donors (Lipinski definition) is 3. The average molecular weight is 943 g/mol. The molecule has 12 atom stereocenters. The number of aliphatic hydroxyl groups is 2. The Labute approximate surface area is 413 Å². The highest BCUT2D eigenvalue weighted by atomic mass is 19.1. The van der Waals surface area contributed by atoms with Crippen molar-refractivity contribution >= 4 is 17.6 Å². The van der Waals surface area contributed by atoms with E-state index in [1.165, 1.54) is 63.5 Å². The summed E-state index contributed by atoms with van der Waals surface area (Å²) in [5, 5.41) is 25.9. The van der Waals surface area contributed by atoms with Crippen LogP contribution in [0.2, 0.25) is 0 Å². The highest BCUT2D eigenvalue weighted by Crippen LogP contribution is 2.68. The Balaban J connectivity index is 0.898. The summed E-state index contributed by atoms with van der Waals surface area (Å²) >= 11 is 0. The summed E-state index contributed by atoms with van der Waals surface area (Å²) in [7, 11) is 0. The number of fused-ring (bicyclic) bond motifs is 5. The van der Waals surface area contributed by atoms with Gasteiger partial charge in [0.05, 0.1) is 29.9 Å². The van der Waals surface area contributed by atoms with Crippen molar-refractivity contribution in [3.8, 4) is 22.4 Å². The number of halogens is 1. The summed E-state index contributed by atoms with van der Waals surface area (Å²) < 4.78 is 22.7. The maximum absolute atomic E-state index is 14.5. The molecule has 1 aromatic heterocycles. The Morgan fingerprint density at radius 2 is 1.42 bits per heavy atom. The van der Waals surface area contributed by atoms with E-state index in [0.29, 0.717) is 29.1 Å². The first-order valence-electron chi connectivity index (χ1n) is 27.0. The molecule has 4 aliphatic carbocycles. The molecule has 3 N–H and O–H groups in total. The normalized spacial score (nSPS) is 28.3. The predicted molar refractivity (Wildman–Crippen MR) is 277 cm³/mol. The topological polar surface area (TPSA) is 101 Å². The van der Waals surface area contributed by atoms with Crippen molar-refractivity contribution in [3.05, 3.63) is 102 Å². The molecule has 8 rings (SSSR count). The maximum atomic E-state index is 14.5. The van der Waals surface area contributed by atoms with Crippen molar-refractivity contribution in [2.45, 2.75) is 176 Å². The van der Waals surface area contributed by atoms with E-state index >= 15 is 0 Å². The van der Waals surface area contributed by atoms with Crippen molar-refractivity contribution < 1.29 is 28.9 Å². The van der Waals surface area contributed by atoms with E-state index in [-0.39, 0.29) is 48.4 Å². The molecule has 1 heterocycles. The van der Waals surface area contributed by atoms with Gasteiger partial charge in [0.2, 0.25) is 0 Å². The third kappa shape index (κ3) is 10.8. The molecule has 4 aromatic rings. The lowest BCUT2D eigenvalue weighted by Gasteiger charge is -2.61. The molecule has 8 heteroatoms. The zero-order valence-corrected chi connectivity index (χ0v) is 43.1. The van der Waals surface area contributed by atoms with Crippen molar-refractivity contribution in [3.63, 3.8) is 0 Å². The first-order chi connectivity index (χ1) is 33.0. The van der Waals surface area contributed by atoms with Gasteiger partial charge < -0.3 is 24.8 Å². The zero-order valence-electron chi connectivity index (χ0n) is 43.1. The van der Waals surface area contributed by atoms with Crippen LogP contribution in [0.15, 0.2) is 84.9 Å². The van der Waals surface area contributed by atoms with E-state index in [2.05, 4.69) is 51.4 Å². The lowest BCUT2D eigenvalue weighted by atomic mass is 9.44. The molecule has 4 saturated carbocycles. The standard InChI is InChI=1S/C61H83FN2O5/c1-38(2)40(5)19-20-41(6)51-27-28-52-50-26-23-44-35-49(29-32-60(44,7)53(50)30-33-61(51,52)8)69-54(67)37-48(66)36-47(65)31-34-64-57(39(3)4)56(59(68)63-46-17-13-10-14-18-46)55(42-15-11-9-12-16-42)58(64)43-21-24-45(62)25-22-43/h9-18,21-22,24-25,38-41,44,47-53,65-66H,19-20,23,26-37H2,1-8H3,(H,63,68)/t40-,41-,44+,47-,48-,49?,50+,51?,52+,53+,60+,61-/m1/s1. The lowest BCUT2D eigenvalue weighted by molar-refractivity contribution is -0.164. The fourth-order valence-corrected chi connectivity index (χ4v) is 14.8. The predicted octanol–water partition coefficient (Wildman–Crippen LogP) is 14.5. The van der Waals surface area contributed by atoms with Gasteiger partial charge in [0.15, 0.2) is 0 Å². The monoisotopic (exact) mass is 943 g/mol. The molecule has 69 heavy (non-hydrogen) atoms. The van der Waals surface area contributed by atoms with Gasteiger partial charge in [-0.3, -0.25) is 9.59 Å². The Kier molecular flexibility index (Phi) is 16.0. The number of nitrogens with one attached hydrogen (secondary N) is 1. The van der Waals surface area contributed by atoms with Gasteiger partial charge in [-0.05, 0) is 182 Å². The summed E-state index contributed by atoms with van der Waals surface area (Å²) in [6.07, 6.45) is 11.6. The second kappa shape index (κ2) is 21.6. The second-order valence-electron chi connectivity index (χ2n) is 23.6. The first-order valence-corrected chi connectivity index (χ1v) is 27.0. The molecule has 0 aliphatic heterocycles. The number of rotatable bonds is 18. The molecule has 4 aliphatic rings. The highest BCUT2D eigenvalue weighted by molar-refractivity contribution is 6.12. The van der Waals surface area contributed by atoms with Gasteiger partial charge in [-0.1, -0.05) is 117 Å². The van der Waals surface area contributed by atoms with Gasteiger partial charge in [-0.25, -0.2) is 4.39 Å². The van der Waals surface area contributed by atoms with Crippen molar-refractivity contribution in [2.24, 2.45) is 58.2 Å². The molecular weight excluding hydrogens is 860 g/mol. The molecule has 4 fully saturated rings. The van der Waals surface area contributed by atoms with Gasteiger partial charge in [0, 0.05) is 23.5 Å². The summed E-state index contributed by atoms with van der Waals surface area (Å²) in [5.74, 6) is 5.01. The molecule has 2 unspecified atom stereocenters. The number of para-hydroxylation sites is 1. The average Bonchev–Trinajstić information content (AvgIpc) is 3.86. The van der Waals surface area contributed by atoms with Crippen LogP contribution in [-0.4, -0.2) is 45.0 Å². The van der Waals surface area contributed by atoms with Crippen LogP contribution in [0, 0.1) is 64.0 Å². The van der Waals surface area contributed by atoms with Gasteiger partial charge in [-0.2, -0.15) is 0 Å². The number of amides is 1. The largest absolute Gasteiger partial charge is 0.462 e. The van der Waals surface area contributed by atoms with E-state index in [1.54, 1.807) is 12.1 Å². The Hall–Kier alpha value is -4.27. The number of carbonyl (C=O) groups is 2. The number of aromatic nitrogens is 1. The molecule has 0 saturated heterocycles. The number of anilines is 1. The minimum Gasteiger partial charge on any atom is -0.462 e. The molecular formula is C61H83FN2O5. The van der Waals surface area contributed by atoms with Crippen molar-refractivity contribution in [1.29, 1.82) is 0 Å². The Morgan fingerprint density at radius 1 is 0.754 bits per heavy atom. The van der Waals surface area contributed by atoms with Crippen LogP contribution in [0.5, 0.6) is 0 Å². The Bertz CT molecular complexity index is 2340. The molecule has 3 aromatic carbocycles. The number of nitrogens with zero attached hydrogens (tertiary/aromatic N) is 1. The molecule has 0 spiro atoms.